The zero-order valence-electron chi connectivity index (χ0n) is 11.3. The Morgan fingerprint density at radius 3 is 2.50 bits per heavy atom. The van der Waals surface area contributed by atoms with Crippen LogP contribution in [0.5, 0.6) is 0 Å². The third-order valence-electron chi connectivity index (χ3n) is 3.30. The SMILES string of the molecule is CCc1ccc(CC(NC)c2sccc2CC)s1. The number of aryl methyl sites for hydroxylation is 2. The lowest BCUT2D eigenvalue weighted by Crippen LogP contribution is -2.18. The number of thiophene rings is 2. The normalized spacial score (nSPS) is 12.8. The van der Waals surface area contributed by atoms with Crippen molar-refractivity contribution in [1.82, 2.24) is 5.32 Å². The second-order valence-corrected chi connectivity index (χ2v) is 6.63. The Hall–Kier alpha value is -0.640. The number of hydrogen-bond acceptors (Lipinski definition) is 3. The van der Waals surface area contributed by atoms with Crippen molar-refractivity contribution in [2.24, 2.45) is 0 Å². The van der Waals surface area contributed by atoms with Gasteiger partial charge in [0.1, 0.15) is 0 Å². The summed E-state index contributed by atoms with van der Waals surface area (Å²) in [4.78, 5) is 4.48. The monoisotopic (exact) mass is 279 g/mol. The predicted molar refractivity (Wildman–Crippen MR) is 82.9 cm³/mol. The van der Waals surface area contributed by atoms with Crippen LogP contribution in [0.3, 0.4) is 0 Å². The highest BCUT2D eigenvalue weighted by molar-refractivity contribution is 7.12. The van der Waals surface area contributed by atoms with E-state index in [1.165, 1.54) is 20.2 Å². The standard InChI is InChI=1S/C15H21NS2/c1-4-11-8-9-17-15(11)14(16-3)10-13-7-6-12(5-2)18-13/h6-9,14,16H,4-5,10H2,1-3H3. The lowest BCUT2D eigenvalue weighted by Gasteiger charge is -2.15. The van der Waals surface area contributed by atoms with Crippen molar-refractivity contribution in [2.45, 2.75) is 39.2 Å². The third kappa shape index (κ3) is 3.02. The van der Waals surface area contributed by atoms with Crippen molar-refractivity contribution in [2.75, 3.05) is 7.05 Å². The molecule has 0 saturated heterocycles. The van der Waals surface area contributed by atoms with Crippen LogP contribution < -0.4 is 5.32 Å². The van der Waals surface area contributed by atoms with Crippen LogP contribution >= 0.6 is 22.7 Å². The van der Waals surface area contributed by atoms with Crippen molar-refractivity contribution in [3.05, 3.63) is 43.8 Å². The predicted octanol–water partition coefficient (Wildman–Crippen LogP) is 4.44. The van der Waals surface area contributed by atoms with E-state index < -0.39 is 0 Å². The first-order chi connectivity index (χ1) is 8.78. The molecule has 2 aromatic rings. The molecule has 3 heteroatoms. The van der Waals surface area contributed by atoms with Crippen molar-refractivity contribution in [3.63, 3.8) is 0 Å². The van der Waals surface area contributed by atoms with Crippen LogP contribution in [0.25, 0.3) is 0 Å². The van der Waals surface area contributed by atoms with Crippen LogP contribution in [0.1, 0.15) is 40.1 Å². The highest BCUT2D eigenvalue weighted by Crippen LogP contribution is 2.29. The number of rotatable bonds is 6. The number of likely N-dealkylation sites (N-methyl/N-ethyl adjacent to an activating group) is 1. The fraction of sp³-hybridized carbons (Fsp3) is 0.467. The summed E-state index contributed by atoms with van der Waals surface area (Å²) in [6.45, 7) is 4.46. The van der Waals surface area contributed by atoms with Crippen LogP contribution in [-0.2, 0) is 19.3 Å². The molecule has 2 rings (SSSR count). The van der Waals surface area contributed by atoms with Gasteiger partial charge in [-0.3, -0.25) is 0 Å². The average Bonchev–Trinajstić information content (AvgIpc) is 3.04. The molecular weight excluding hydrogens is 258 g/mol. The van der Waals surface area contributed by atoms with E-state index in [0.717, 1.165) is 19.3 Å². The van der Waals surface area contributed by atoms with Crippen molar-refractivity contribution in [1.29, 1.82) is 0 Å². The van der Waals surface area contributed by atoms with Gasteiger partial charge < -0.3 is 5.32 Å². The molecule has 0 aliphatic heterocycles. The average molecular weight is 279 g/mol. The van der Waals surface area contributed by atoms with Crippen LogP contribution in [0.4, 0.5) is 0 Å². The van der Waals surface area contributed by atoms with Crippen LogP contribution in [-0.4, -0.2) is 7.05 Å². The summed E-state index contributed by atoms with van der Waals surface area (Å²) in [5.74, 6) is 0. The van der Waals surface area contributed by atoms with Gasteiger partial charge in [-0.2, -0.15) is 0 Å². The van der Waals surface area contributed by atoms with Crippen molar-refractivity contribution in [3.8, 4) is 0 Å². The molecule has 0 saturated carbocycles. The Labute approximate surface area is 118 Å². The van der Waals surface area contributed by atoms with Gasteiger partial charge in [0, 0.05) is 27.1 Å². The van der Waals surface area contributed by atoms with E-state index in [1.54, 1.807) is 0 Å². The molecule has 0 aliphatic carbocycles. The molecule has 0 spiro atoms. The van der Waals surface area contributed by atoms with Gasteiger partial charge in [0.15, 0.2) is 0 Å². The lowest BCUT2D eigenvalue weighted by molar-refractivity contribution is 0.602. The molecule has 0 radical (unpaired) electrons. The highest BCUT2D eigenvalue weighted by atomic mass is 32.1. The van der Waals surface area contributed by atoms with Gasteiger partial charge in [-0.25, -0.2) is 0 Å². The van der Waals surface area contributed by atoms with Gasteiger partial charge in [0.05, 0.1) is 0 Å². The summed E-state index contributed by atoms with van der Waals surface area (Å²) in [5, 5.41) is 5.68. The van der Waals surface area contributed by atoms with Crippen LogP contribution in [0.2, 0.25) is 0 Å². The van der Waals surface area contributed by atoms with E-state index in [0.29, 0.717) is 6.04 Å². The Kier molecular flexibility index (Phi) is 4.98. The van der Waals surface area contributed by atoms with Gasteiger partial charge in [-0.1, -0.05) is 13.8 Å². The van der Waals surface area contributed by atoms with Gasteiger partial charge in [0.25, 0.3) is 0 Å². The molecule has 1 nitrogen and oxygen atoms in total. The van der Waals surface area contributed by atoms with Crippen LogP contribution in [0.15, 0.2) is 23.6 Å². The summed E-state index contributed by atoms with van der Waals surface area (Å²) >= 11 is 3.83. The first kappa shape index (κ1) is 13.8. The summed E-state index contributed by atoms with van der Waals surface area (Å²) in [7, 11) is 2.07. The molecule has 0 amide bonds. The molecule has 0 bridgehead atoms. The Morgan fingerprint density at radius 2 is 1.89 bits per heavy atom. The minimum Gasteiger partial charge on any atom is -0.312 e. The Balaban J connectivity index is 2.14. The second kappa shape index (κ2) is 6.50. The maximum Gasteiger partial charge on any atom is 0.0463 e. The maximum atomic E-state index is 3.47. The molecule has 1 N–H and O–H groups in total. The summed E-state index contributed by atoms with van der Waals surface area (Å²) in [6, 6.07) is 7.27. The first-order valence-corrected chi connectivity index (χ1v) is 8.29. The van der Waals surface area contributed by atoms with E-state index in [-0.39, 0.29) is 0 Å². The highest BCUT2D eigenvalue weighted by Gasteiger charge is 2.15. The third-order valence-corrected chi connectivity index (χ3v) is 5.62. The summed E-state index contributed by atoms with van der Waals surface area (Å²) < 4.78 is 0. The van der Waals surface area contributed by atoms with Crippen molar-refractivity contribution >= 4 is 22.7 Å². The molecule has 2 heterocycles. The Bertz CT molecular complexity index is 484. The molecule has 18 heavy (non-hydrogen) atoms. The second-order valence-electron chi connectivity index (χ2n) is 4.43. The molecule has 1 unspecified atom stereocenters. The molecule has 0 aliphatic rings. The zero-order chi connectivity index (χ0) is 13.0. The molecule has 2 aromatic heterocycles. The minimum absolute atomic E-state index is 0.461. The van der Waals surface area contributed by atoms with Crippen LogP contribution in [0, 0.1) is 0 Å². The number of nitrogens with one attached hydrogen (secondary N) is 1. The molecule has 1 atom stereocenters. The van der Waals surface area contributed by atoms with E-state index in [2.05, 4.69) is 49.8 Å². The summed E-state index contributed by atoms with van der Waals surface area (Å²) in [5.41, 5.74) is 1.49. The minimum atomic E-state index is 0.461. The quantitative estimate of drug-likeness (QED) is 0.824. The fourth-order valence-electron chi connectivity index (χ4n) is 2.19. The molecule has 98 valence electrons. The molecule has 0 fully saturated rings. The molecular formula is C15H21NS2. The summed E-state index contributed by atoms with van der Waals surface area (Å²) in [6.07, 6.45) is 3.38. The topological polar surface area (TPSA) is 12.0 Å². The van der Waals surface area contributed by atoms with E-state index >= 15 is 0 Å². The maximum absolute atomic E-state index is 3.47. The van der Waals surface area contributed by atoms with Gasteiger partial charge >= 0.3 is 0 Å². The largest absolute Gasteiger partial charge is 0.312 e. The van der Waals surface area contributed by atoms with Gasteiger partial charge in [-0.05, 0) is 49.0 Å². The lowest BCUT2D eigenvalue weighted by atomic mass is 10.1. The van der Waals surface area contributed by atoms with E-state index in [9.17, 15) is 0 Å². The van der Waals surface area contributed by atoms with E-state index in [4.69, 9.17) is 0 Å². The Morgan fingerprint density at radius 1 is 1.11 bits per heavy atom. The number of hydrogen-bond donors (Lipinski definition) is 1. The molecule has 0 aromatic carbocycles. The smallest absolute Gasteiger partial charge is 0.0463 e. The van der Waals surface area contributed by atoms with Gasteiger partial charge in [0.2, 0.25) is 0 Å². The first-order valence-electron chi connectivity index (χ1n) is 6.59. The van der Waals surface area contributed by atoms with Gasteiger partial charge in [-0.15, -0.1) is 22.7 Å². The van der Waals surface area contributed by atoms with Crippen molar-refractivity contribution < 1.29 is 0 Å². The fourth-order valence-corrected chi connectivity index (χ4v) is 4.31. The van der Waals surface area contributed by atoms with E-state index in [1.807, 2.05) is 22.7 Å². The zero-order valence-corrected chi connectivity index (χ0v) is 13.0.